The van der Waals surface area contributed by atoms with Crippen molar-refractivity contribution in [3.05, 3.63) is 58.4 Å². The van der Waals surface area contributed by atoms with Crippen molar-refractivity contribution in [1.82, 2.24) is 29.9 Å². The Kier molecular flexibility index (Phi) is 5.78. The van der Waals surface area contributed by atoms with Crippen LogP contribution in [0.3, 0.4) is 0 Å². The zero-order chi connectivity index (χ0) is 21.1. The third kappa shape index (κ3) is 4.35. The maximum Gasteiger partial charge on any atom is 0.284 e. The van der Waals surface area contributed by atoms with Crippen LogP contribution >= 0.6 is 0 Å². The van der Waals surface area contributed by atoms with Crippen LogP contribution in [0.4, 0.5) is 8.78 Å². The first-order chi connectivity index (χ1) is 13.8. The molecule has 0 aromatic carbocycles. The quantitative estimate of drug-likeness (QED) is 0.635. The van der Waals surface area contributed by atoms with Gasteiger partial charge in [0.2, 0.25) is 0 Å². The zero-order valence-corrected chi connectivity index (χ0v) is 15.6. The molecule has 0 aliphatic carbocycles. The van der Waals surface area contributed by atoms with Gasteiger partial charge in [0.25, 0.3) is 17.9 Å². The lowest BCUT2D eigenvalue weighted by molar-refractivity contribution is 0.0920. The van der Waals surface area contributed by atoms with Gasteiger partial charge in [-0.1, -0.05) is 0 Å². The first-order valence-electron chi connectivity index (χ1n) is 8.59. The van der Waals surface area contributed by atoms with Gasteiger partial charge in [-0.3, -0.25) is 19.3 Å². The average molecular weight is 404 g/mol. The smallest absolute Gasteiger partial charge is 0.284 e. The Morgan fingerprint density at radius 1 is 1.31 bits per heavy atom. The molecule has 1 amide bonds. The molecule has 152 valence electrons. The number of aromatic nitrogens is 5. The molecule has 0 aliphatic heterocycles. The van der Waals surface area contributed by atoms with Crippen molar-refractivity contribution in [2.45, 2.75) is 19.4 Å². The number of hydrogen-bond acceptors (Lipinski definition) is 6. The van der Waals surface area contributed by atoms with Crippen LogP contribution in [0.15, 0.2) is 41.6 Å². The van der Waals surface area contributed by atoms with Crippen molar-refractivity contribution < 1.29 is 18.7 Å². The summed E-state index contributed by atoms with van der Waals surface area (Å²) in [6.45, 7) is 1.27. The van der Waals surface area contributed by atoms with Gasteiger partial charge in [-0.05, 0) is 25.1 Å². The average Bonchev–Trinajstić information content (AvgIpc) is 3.14. The predicted molar refractivity (Wildman–Crippen MR) is 98.8 cm³/mol. The van der Waals surface area contributed by atoms with E-state index in [1.54, 1.807) is 14.0 Å². The topological polar surface area (TPSA) is 115 Å². The van der Waals surface area contributed by atoms with E-state index >= 15 is 0 Å². The number of carbonyl (C=O) groups is 1. The molecule has 3 heterocycles. The second-order valence-electron chi connectivity index (χ2n) is 6.36. The predicted octanol–water partition coefficient (Wildman–Crippen LogP) is 1.08. The van der Waals surface area contributed by atoms with Gasteiger partial charge in [-0.25, -0.2) is 8.78 Å². The third-order valence-electron chi connectivity index (χ3n) is 4.05. The molecule has 3 aromatic heterocycles. The van der Waals surface area contributed by atoms with E-state index in [1.807, 2.05) is 0 Å². The van der Waals surface area contributed by atoms with Gasteiger partial charge in [0.15, 0.2) is 0 Å². The van der Waals surface area contributed by atoms with E-state index in [9.17, 15) is 18.4 Å². The fourth-order valence-electron chi connectivity index (χ4n) is 2.52. The molecule has 0 fully saturated rings. The van der Waals surface area contributed by atoms with Gasteiger partial charge in [-0.15, -0.1) is 0 Å². The van der Waals surface area contributed by atoms with Gasteiger partial charge >= 0.3 is 0 Å². The molecule has 3 aromatic rings. The number of hydrogen-bond donors (Lipinski definition) is 2. The number of aryl methyl sites for hydroxylation is 1. The number of halogens is 2. The van der Waals surface area contributed by atoms with Crippen molar-refractivity contribution in [1.29, 1.82) is 0 Å². The number of pyridine rings is 1. The van der Waals surface area contributed by atoms with E-state index in [0.717, 1.165) is 10.7 Å². The molecule has 0 saturated carbocycles. The summed E-state index contributed by atoms with van der Waals surface area (Å²) >= 11 is 0. The summed E-state index contributed by atoms with van der Waals surface area (Å²) in [6, 6.07) is 3.22. The molecular formula is C18H18F2N6O3. The van der Waals surface area contributed by atoms with E-state index < -0.39 is 29.6 Å². The highest BCUT2D eigenvalue weighted by Gasteiger charge is 2.20. The molecule has 0 bridgehead atoms. The highest BCUT2D eigenvalue weighted by atomic mass is 19.3. The molecule has 9 nitrogen and oxygen atoms in total. The highest BCUT2D eigenvalue weighted by molar-refractivity contribution is 5.95. The van der Waals surface area contributed by atoms with Crippen LogP contribution in [0.1, 0.15) is 29.4 Å². The van der Waals surface area contributed by atoms with Crippen LogP contribution in [-0.4, -0.2) is 48.2 Å². The summed E-state index contributed by atoms with van der Waals surface area (Å²) in [6.07, 6.45) is 1.41. The number of alkyl halides is 2. The number of rotatable bonds is 6. The van der Waals surface area contributed by atoms with Gasteiger partial charge in [0.1, 0.15) is 16.9 Å². The first kappa shape index (κ1) is 20.3. The van der Waals surface area contributed by atoms with E-state index in [-0.39, 0.29) is 17.9 Å². The zero-order valence-electron chi connectivity index (χ0n) is 15.6. The van der Waals surface area contributed by atoms with E-state index in [2.05, 4.69) is 20.5 Å². The van der Waals surface area contributed by atoms with Crippen molar-refractivity contribution in [2.24, 2.45) is 7.05 Å². The second kappa shape index (κ2) is 8.27. The first-order valence-corrected chi connectivity index (χ1v) is 8.59. The van der Waals surface area contributed by atoms with Crippen LogP contribution in [-0.2, 0) is 7.05 Å². The third-order valence-corrected chi connectivity index (χ3v) is 4.05. The molecule has 11 heteroatoms. The molecule has 29 heavy (non-hydrogen) atoms. The summed E-state index contributed by atoms with van der Waals surface area (Å²) in [5.41, 5.74) is -0.469. The van der Waals surface area contributed by atoms with Crippen LogP contribution in [0.5, 0.6) is 0 Å². The van der Waals surface area contributed by atoms with Gasteiger partial charge in [0.05, 0.1) is 24.7 Å². The lowest BCUT2D eigenvalue weighted by Crippen LogP contribution is -2.39. The van der Waals surface area contributed by atoms with Crippen molar-refractivity contribution in [3.8, 4) is 16.9 Å². The van der Waals surface area contributed by atoms with Crippen LogP contribution in [0, 0.1) is 0 Å². The summed E-state index contributed by atoms with van der Waals surface area (Å²) in [5.74, 6) is -0.699. The van der Waals surface area contributed by atoms with E-state index in [1.165, 1.54) is 35.4 Å². The fourth-order valence-corrected chi connectivity index (χ4v) is 2.52. The number of nitrogens with one attached hydrogen (secondary N) is 1. The Balaban J connectivity index is 2.14. The maximum atomic E-state index is 12.8. The molecule has 3 rings (SSSR count). The molecule has 0 spiro atoms. The second-order valence-corrected chi connectivity index (χ2v) is 6.36. The summed E-state index contributed by atoms with van der Waals surface area (Å²) in [7, 11) is 1.65. The number of aliphatic hydroxyl groups is 1. The van der Waals surface area contributed by atoms with Gasteiger partial charge in [-0.2, -0.15) is 14.9 Å². The van der Waals surface area contributed by atoms with Gasteiger partial charge in [0, 0.05) is 24.8 Å². The minimum atomic E-state index is -2.72. The van der Waals surface area contributed by atoms with Crippen LogP contribution in [0.25, 0.3) is 16.9 Å². The lowest BCUT2D eigenvalue weighted by atomic mass is 10.1. The van der Waals surface area contributed by atoms with E-state index in [0.29, 0.717) is 11.3 Å². The van der Waals surface area contributed by atoms with E-state index in [4.69, 9.17) is 5.11 Å². The standard InChI is InChI=1S/C18H18F2N6O3/c1-10(9-27)23-17(28)13-5-15(11-3-4-14(16(19)20)21-6-11)24-26(18(13)29)12-7-22-25(2)8-12/h3-8,10,16,27H,9H2,1-2H3,(H,23,28)/t10-/m0/s1. The Bertz CT molecular complexity index is 1080. The number of nitrogens with zero attached hydrogens (tertiary/aromatic N) is 5. The van der Waals surface area contributed by atoms with Gasteiger partial charge < -0.3 is 10.4 Å². The van der Waals surface area contributed by atoms with Crippen molar-refractivity contribution in [3.63, 3.8) is 0 Å². The van der Waals surface area contributed by atoms with Crippen LogP contribution in [0.2, 0.25) is 0 Å². The molecule has 0 saturated heterocycles. The minimum absolute atomic E-state index is 0.184. The molecule has 0 radical (unpaired) electrons. The SMILES string of the molecule is C[C@@H](CO)NC(=O)c1cc(-c2ccc(C(F)F)nc2)nn(-c2cnn(C)c2)c1=O. The molecular weight excluding hydrogens is 386 g/mol. The minimum Gasteiger partial charge on any atom is -0.394 e. The normalized spacial score (nSPS) is 12.2. The summed E-state index contributed by atoms with van der Waals surface area (Å²) in [5, 5.41) is 19.9. The number of carbonyl (C=O) groups excluding carboxylic acids is 1. The Labute approximate surface area is 163 Å². The number of aliphatic hydroxyl groups excluding tert-OH is 1. The van der Waals surface area contributed by atoms with Crippen molar-refractivity contribution in [2.75, 3.05) is 6.61 Å². The van der Waals surface area contributed by atoms with Crippen LogP contribution < -0.4 is 10.9 Å². The lowest BCUT2D eigenvalue weighted by Gasteiger charge is -2.13. The highest BCUT2D eigenvalue weighted by Crippen LogP contribution is 2.21. The molecule has 0 aliphatic rings. The summed E-state index contributed by atoms with van der Waals surface area (Å²) < 4.78 is 28.0. The monoisotopic (exact) mass is 404 g/mol. The largest absolute Gasteiger partial charge is 0.394 e. The Morgan fingerprint density at radius 3 is 2.62 bits per heavy atom. The maximum absolute atomic E-state index is 12.8. The molecule has 0 unspecified atom stereocenters. The molecule has 2 N–H and O–H groups in total. The Morgan fingerprint density at radius 2 is 2.07 bits per heavy atom. The Hall–Kier alpha value is -3.47. The molecule has 1 atom stereocenters. The summed E-state index contributed by atoms with van der Waals surface area (Å²) in [4.78, 5) is 29.1. The fraction of sp³-hybridized carbons (Fsp3) is 0.278. The van der Waals surface area contributed by atoms with Crippen molar-refractivity contribution >= 4 is 5.91 Å². The number of amides is 1.